The van der Waals surface area contributed by atoms with Gasteiger partial charge in [-0.15, -0.1) is 0 Å². The number of alkyl halides is 1. The minimum atomic E-state index is -1.11. The van der Waals surface area contributed by atoms with Crippen LogP contribution in [0.5, 0.6) is 0 Å². The highest BCUT2D eigenvalue weighted by Crippen LogP contribution is 2.29. The lowest BCUT2D eigenvalue weighted by atomic mass is 10.00. The maximum atomic E-state index is 11.2. The summed E-state index contributed by atoms with van der Waals surface area (Å²) in [6.07, 6.45) is -3.62. The lowest BCUT2D eigenvalue weighted by Gasteiger charge is -2.41. The Bertz CT molecular complexity index is 482. The second kappa shape index (κ2) is 8.03. The molecule has 1 aromatic rings. The standard InChI is InChI=1S/C15H19BrO6/c1-9(18)21-13-11(7-17)22-15(16)14(12(13)19)20-8-10-5-3-2-4-6-10/h2-6,11-15,17,19H,7-8H2,1H3/t11?,12?,13-,14?,15-/m1/s1. The third kappa shape index (κ3) is 4.27. The summed E-state index contributed by atoms with van der Waals surface area (Å²) in [6.45, 7) is 1.15. The molecule has 0 spiro atoms. The van der Waals surface area contributed by atoms with Gasteiger partial charge in [0.05, 0.1) is 13.2 Å². The predicted molar refractivity (Wildman–Crippen MR) is 81.3 cm³/mol. The first-order chi connectivity index (χ1) is 10.5. The van der Waals surface area contributed by atoms with Crippen LogP contribution in [-0.4, -0.2) is 52.2 Å². The first kappa shape index (κ1) is 17.4. The van der Waals surface area contributed by atoms with Crippen LogP contribution in [0.4, 0.5) is 0 Å². The van der Waals surface area contributed by atoms with Crippen LogP contribution in [0.1, 0.15) is 12.5 Å². The number of carbonyl (C=O) groups excluding carboxylic acids is 1. The van der Waals surface area contributed by atoms with Crippen LogP contribution < -0.4 is 0 Å². The second-order valence-electron chi connectivity index (χ2n) is 5.03. The molecule has 6 nitrogen and oxygen atoms in total. The number of halogens is 1. The van der Waals surface area contributed by atoms with Gasteiger partial charge in [-0.2, -0.15) is 0 Å². The normalized spacial score (nSPS) is 31.7. The SMILES string of the molecule is CC(=O)O[C@@H]1C(CO)O[C@@H](Br)C(OCc2ccccc2)C1O. The van der Waals surface area contributed by atoms with Crippen molar-refractivity contribution >= 4 is 21.9 Å². The van der Waals surface area contributed by atoms with Gasteiger partial charge in [0.1, 0.15) is 23.3 Å². The summed E-state index contributed by atoms with van der Waals surface area (Å²) in [5.74, 6) is -0.555. The Labute approximate surface area is 137 Å². The van der Waals surface area contributed by atoms with Crippen molar-refractivity contribution < 1.29 is 29.2 Å². The summed E-state index contributed by atoms with van der Waals surface area (Å²) in [5, 5.41) is 19.1. The Morgan fingerprint density at radius 1 is 1.32 bits per heavy atom. The largest absolute Gasteiger partial charge is 0.457 e. The Kier molecular flexibility index (Phi) is 6.34. The maximum absolute atomic E-state index is 11.2. The quantitative estimate of drug-likeness (QED) is 0.590. The first-order valence-electron chi connectivity index (χ1n) is 6.94. The molecule has 3 unspecified atom stereocenters. The van der Waals surface area contributed by atoms with Gasteiger partial charge in [0.25, 0.3) is 0 Å². The number of aliphatic hydroxyl groups is 2. The zero-order valence-electron chi connectivity index (χ0n) is 12.1. The molecule has 1 aliphatic rings. The van der Waals surface area contributed by atoms with Crippen molar-refractivity contribution in [1.82, 2.24) is 0 Å². The van der Waals surface area contributed by atoms with Crippen LogP contribution in [0, 0.1) is 0 Å². The number of benzene rings is 1. The molecule has 1 aromatic carbocycles. The van der Waals surface area contributed by atoms with Crippen molar-refractivity contribution in [2.45, 2.75) is 43.0 Å². The van der Waals surface area contributed by atoms with Crippen LogP contribution in [0.15, 0.2) is 30.3 Å². The minimum Gasteiger partial charge on any atom is -0.457 e. The van der Waals surface area contributed by atoms with E-state index >= 15 is 0 Å². The zero-order chi connectivity index (χ0) is 16.1. The zero-order valence-corrected chi connectivity index (χ0v) is 13.7. The fourth-order valence-corrected chi connectivity index (χ4v) is 3.05. The lowest BCUT2D eigenvalue weighted by Crippen LogP contribution is -2.59. The molecule has 2 N–H and O–H groups in total. The van der Waals surface area contributed by atoms with Crippen molar-refractivity contribution in [3.8, 4) is 0 Å². The summed E-state index contributed by atoms with van der Waals surface area (Å²) in [6, 6.07) is 9.49. The Morgan fingerprint density at radius 2 is 2.00 bits per heavy atom. The summed E-state index contributed by atoms with van der Waals surface area (Å²) < 4.78 is 16.3. The van der Waals surface area contributed by atoms with Gasteiger partial charge in [-0.25, -0.2) is 0 Å². The molecular weight excluding hydrogens is 356 g/mol. The van der Waals surface area contributed by atoms with Crippen molar-refractivity contribution in [2.75, 3.05) is 6.61 Å². The maximum Gasteiger partial charge on any atom is 0.303 e. The molecule has 2 rings (SSSR count). The third-order valence-electron chi connectivity index (χ3n) is 3.37. The van der Waals surface area contributed by atoms with E-state index in [9.17, 15) is 15.0 Å². The van der Waals surface area contributed by atoms with E-state index in [-0.39, 0.29) is 13.2 Å². The highest BCUT2D eigenvalue weighted by atomic mass is 79.9. The Hall–Kier alpha value is -0.990. The predicted octanol–water partition coefficient (Wildman–Crippen LogP) is 0.976. The molecule has 7 heteroatoms. The van der Waals surface area contributed by atoms with E-state index in [1.807, 2.05) is 30.3 Å². The van der Waals surface area contributed by atoms with E-state index in [0.717, 1.165) is 5.56 Å². The van der Waals surface area contributed by atoms with E-state index in [4.69, 9.17) is 14.2 Å². The van der Waals surface area contributed by atoms with Gasteiger partial charge in [-0.3, -0.25) is 4.79 Å². The Balaban J connectivity index is 2.04. The van der Waals surface area contributed by atoms with Gasteiger partial charge in [0.15, 0.2) is 6.10 Å². The van der Waals surface area contributed by atoms with Crippen LogP contribution in [0.3, 0.4) is 0 Å². The topological polar surface area (TPSA) is 85.2 Å². The number of ether oxygens (including phenoxy) is 3. The van der Waals surface area contributed by atoms with E-state index < -0.39 is 35.4 Å². The minimum absolute atomic E-state index is 0.282. The molecule has 1 heterocycles. The van der Waals surface area contributed by atoms with Gasteiger partial charge in [-0.05, 0) is 5.56 Å². The number of esters is 1. The Morgan fingerprint density at radius 3 is 2.59 bits per heavy atom. The van der Waals surface area contributed by atoms with E-state index in [2.05, 4.69) is 15.9 Å². The highest BCUT2D eigenvalue weighted by Gasteiger charge is 2.46. The smallest absolute Gasteiger partial charge is 0.303 e. The molecule has 5 atom stereocenters. The number of carbonyl (C=O) groups is 1. The molecule has 22 heavy (non-hydrogen) atoms. The van der Waals surface area contributed by atoms with Crippen molar-refractivity contribution in [2.24, 2.45) is 0 Å². The molecule has 1 aliphatic heterocycles. The van der Waals surface area contributed by atoms with E-state index in [0.29, 0.717) is 0 Å². The van der Waals surface area contributed by atoms with Gasteiger partial charge in [0.2, 0.25) is 0 Å². The van der Waals surface area contributed by atoms with Gasteiger partial charge in [0, 0.05) is 6.92 Å². The van der Waals surface area contributed by atoms with Crippen LogP contribution in [0.2, 0.25) is 0 Å². The molecule has 0 bridgehead atoms. The van der Waals surface area contributed by atoms with Gasteiger partial charge in [-0.1, -0.05) is 46.3 Å². The van der Waals surface area contributed by atoms with Gasteiger partial charge >= 0.3 is 5.97 Å². The molecule has 0 amide bonds. The molecule has 1 saturated heterocycles. The monoisotopic (exact) mass is 374 g/mol. The third-order valence-corrected chi connectivity index (χ3v) is 4.11. The summed E-state index contributed by atoms with van der Waals surface area (Å²) in [7, 11) is 0. The van der Waals surface area contributed by atoms with Crippen LogP contribution in [0.25, 0.3) is 0 Å². The molecule has 0 saturated carbocycles. The number of aliphatic hydroxyl groups excluding tert-OH is 2. The van der Waals surface area contributed by atoms with Crippen molar-refractivity contribution in [3.63, 3.8) is 0 Å². The highest BCUT2D eigenvalue weighted by molar-refractivity contribution is 9.09. The fraction of sp³-hybridized carbons (Fsp3) is 0.533. The molecule has 0 aromatic heterocycles. The van der Waals surface area contributed by atoms with Crippen LogP contribution in [-0.2, 0) is 25.6 Å². The molecule has 0 radical (unpaired) electrons. The summed E-state index contributed by atoms with van der Waals surface area (Å²) in [5.41, 5.74) is 0.947. The summed E-state index contributed by atoms with van der Waals surface area (Å²) in [4.78, 5) is 11.2. The van der Waals surface area contributed by atoms with Crippen molar-refractivity contribution in [3.05, 3.63) is 35.9 Å². The first-order valence-corrected chi connectivity index (χ1v) is 7.85. The lowest BCUT2D eigenvalue weighted by molar-refractivity contribution is -0.230. The number of hydrogen-bond acceptors (Lipinski definition) is 6. The second-order valence-corrected chi connectivity index (χ2v) is 5.94. The van der Waals surface area contributed by atoms with Crippen molar-refractivity contribution in [1.29, 1.82) is 0 Å². The van der Waals surface area contributed by atoms with Gasteiger partial charge < -0.3 is 24.4 Å². The number of hydrogen-bond donors (Lipinski definition) is 2. The molecule has 0 aliphatic carbocycles. The fourth-order valence-electron chi connectivity index (χ4n) is 2.31. The average molecular weight is 375 g/mol. The number of rotatable bonds is 5. The van der Waals surface area contributed by atoms with Crippen LogP contribution >= 0.6 is 15.9 Å². The van der Waals surface area contributed by atoms with E-state index in [1.165, 1.54) is 6.92 Å². The molecular formula is C15H19BrO6. The average Bonchev–Trinajstić information content (AvgIpc) is 2.50. The molecule has 122 valence electrons. The summed E-state index contributed by atoms with van der Waals surface area (Å²) >= 11 is 3.28. The molecule has 1 fully saturated rings. The van der Waals surface area contributed by atoms with E-state index in [1.54, 1.807) is 0 Å².